The normalized spacial score (nSPS) is 11.1. The van der Waals surface area contributed by atoms with Crippen LogP contribution in [0.15, 0.2) is 59.3 Å². The van der Waals surface area contributed by atoms with Crippen molar-refractivity contribution in [1.29, 1.82) is 0 Å². The van der Waals surface area contributed by atoms with Crippen molar-refractivity contribution < 1.29 is 14.0 Å². The summed E-state index contributed by atoms with van der Waals surface area (Å²) in [6, 6.07) is 12.5. The average molecular weight is 417 g/mol. The maximum atomic E-state index is 13.1. The minimum Gasteiger partial charge on any atom is -0.463 e. The molecule has 0 aliphatic heterocycles. The lowest BCUT2D eigenvalue weighted by molar-refractivity contribution is 0.0950. The number of furan rings is 1. The van der Waals surface area contributed by atoms with E-state index in [0.717, 1.165) is 5.56 Å². The van der Waals surface area contributed by atoms with Crippen molar-refractivity contribution in [3.8, 4) is 11.5 Å². The summed E-state index contributed by atoms with van der Waals surface area (Å²) in [7, 11) is 1.58. The standard InChI is InChI=1S/C23H23N5O3/c1-14(2)28-21-18(13-26-28)17(11-19(27-21)20-8-5-9-31-20)23(30)25-12-15-6-4-7-16(10-15)22(29)24-3/h4-11,13-14H,12H2,1-3H3,(H,24,29)(H,25,30). The maximum absolute atomic E-state index is 13.1. The fourth-order valence-electron chi connectivity index (χ4n) is 3.38. The first-order valence-electron chi connectivity index (χ1n) is 9.99. The number of amides is 2. The first-order valence-corrected chi connectivity index (χ1v) is 9.99. The summed E-state index contributed by atoms with van der Waals surface area (Å²) in [6.45, 7) is 4.29. The van der Waals surface area contributed by atoms with Gasteiger partial charge in [0.15, 0.2) is 11.4 Å². The zero-order valence-corrected chi connectivity index (χ0v) is 17.5. The Hall–Kier alpha value is -3.94. The van der Waals surface area contributed by atoms with E-state index in [4.69, 9.17) is 4.42 Å². The molecule has 2 amide bonds. The molecule has 31 heavy (non-hydrogen) atoms. The summed E-state index contributed by atoms with van der Waals surface area (Å²) in [5.41, 5.74) is 3.01. The fourth-order valence-corrected chi connectivity index (χ4v) is 3.38. The van der Waals surface area contributed by atoms with Gasteiger partial charge < -0.3 is 15.1 Å². The van der Waals surface area contributed by atoms with Gasteiger partial charge in [0.25, 0.3) is 11.8 Å². The number of hydrogen-bond acceptors (Lipinski definition) is 5. The van der Waals surface area contributed by atoms with Gasteiger partial charge in [0.1, 0.15) is 5.69 Å². The van der Waals surface area contributed by atoms with Crippen LogP contribution in [-0.2, 0) is 6.54 Å². The first-order chi connectivity index (χ1) is 15.0. The van der Waals surface area contributed by atoms with Crippen molar-refractivity contribution in [2.24, 2.45) is 0 Å². The number of rotatable bonds is 6. The molecule has 0 saturated carbocycles. The molecular formula is C23H23N5O3. The quantitative estimate of drug-likeness (QED) is 0.499. The molecule has 1 aromatic carbocycles. The lowest BCUT2D eigenvalue weighted by atomic mass is 10.1. The second-order valence-corrected chi connectivity index (χ2v) is 7.41. The molecule has 0 bridgehead atoms. The molecule has 8 nitrogen and oxygen atoms in total. The molecule has 0 aliphatic rings. The Labute approximate surface area is 179 Å². The Morgan fingerprint density at radius 1 is 1.13 bits per heavy atom. The summed E-state index contributed by atoms with van der Waals surface area (Å²) in [4.78, 5) is 29.7. The van der Waals surface area contributed by atoms with Gasteiger partial charge in [-0.05, 0) is 49.7 Å². The summed E-state index contributed by atoms with van der Waals surface area (Å²) in [5.74, 6) is 0.146. The van der Waals surface area contributed by atoms with Crippen LogP contribution in [0.1, 0.15) is 46.2 Å². The number of pyridine rings is 1. The van der Waals surface area contributed by atoms with Crippen LogP contribution in [0, 0.1) is 0 Å². The topological polar surface area (TPSA) is 102 Å². The fraction of sp³-hybridized carbons (Fsp3) is 0.217. The van der Waals surface area contributed by atoms with Gasteiger partial charge in [0.05, 0.1) is 23.4 Å². The molecule has 0 aliphatic carbocycles. The minimum atomic E-state index is -0.256. The van der Waals surface area contributed by atoms with Crippen molar-refractivity contribution in [1.82, 2.24) is 25.4 Å². The number of carbonyl (C=O) groups is 2. The molecule has 3 heterocycles. The van der Waals surface area contributed by atoms with Crippen LogP contribution in [0.25, 0.3) is 22.5 Å². The number of fused-ring (bicyclic) bond motifs is 1. The lowest BCUT2D eigenvalue weighted by Crippen LogP contribution is -2.24. The summed E-state index contributed by atoms with van der Waals surface area (Å²) >= 11 is 0. The van der Waals surface area contributed by atoms with Crippen LogP contribution in [0.5, 0.6) is 0 Å². The smallest absolute Gasteiger partial charge is 0.252 e. The molecule has 0 atom stereocenters. The molecule has 0 spiro atoms. The molecule has 0 radical (unpaired) electrons. The van der Waals surface area contributed by atoms with E-state index >= 15 is 0 Å². The van der Waals surface area contributed by atoms with Crippen LogP contribution < -0.4 is 10.6 Å². The zero-order valence-electron chi connectivity index (χ0n) is 17.5. The van der Waals surface area contributed by atoms with Crippen LogP contribution in [0.3, 0.4) is 0 Å². The van der Waals surface area contributed by atoms with Crippen LogP contribution >= 0.6 is 0 Å². The van der Waals surface area contributed by atoms with E-state index in [9.17, 15) is 9.59 Å². The summed E-state index contributed by atoms with van der Waals surface area (Å²) in [5, 5.41) is 10.6. The molecule has 158 valence electrons. The zero-order chi connectivity index (χ0) is 22.0. The Morgan fingerprint density at radius 3 is 2.68 bits per heavy atom. The molecule has 3 aromatic heterocycles. The van der Waals surface area contributed by atoms with E-state index in [1.165, 1.54) is 0 Å². The van der Waals surface area contributed by atoms with Gasteiger partial charge >= 0.3 is 0 Å². The second kappa shape index (κ2) is 8.43. The molecule has 0 fully saturated rings. The lowest BCUT2D eigenvalue weighted by Gasteiger charge is -2.11. The van der Waals surface area contributed by atoms with E-state index in [1.54, 1.807) is 60.6 Å². The Kier molecular flexibility index (Phi) is 5.53. The highest BCUT2D eigenvalue weighted by atomic mass is 16.3. The number of nitrogens with one attached hydrogen (secondary N) is 2. The van der Waals surface area contributed by atoms with E-state index in [2.05, 4.69) is 20.7 Å². The summed E-state index contributed by atoms with van der Waals surface area (Å²) in [6.07, 6.45) is 3.23. The largest absolute Gasteiger partial charge is 0.463 e. The van der Waals surface area contributed by atoms with Gasteiger partial charge in [-0.3, -0.25) is 9.59 Å². The number of nitrogens with zero attached hydrogens (tertiary/aromatic N) is 3. The predicted molar refractivity (Wildman–Crippen MR) is 117 cm³/mol. The number of hydrogen-bond donors (Lipinski definition) is 2. The van der Waals surface area contributed by atoms with E-state index in [0.29, 0.717) is 33.6 Å². The van der Waals surface area contributed by atoms with Gasteiger partial charge in [-0.25, -0.2) is 9.67 Å². The molecule has 4 rings (SSSR count). The molecule has 0 unspecified atom stereocenters. The Bertz CT molecular complexity index is 1240. The third-order valence-electron chi connectivity index (χ3n) is 4.94. The van der Waals surface area contributed by atoms with Crippen molar-refractivity contribution in [2.45, 2.75) is 26.4 Å². The molecule has 4 aromatic rings. The van der Waals surface area contributed by atoms with Gasteiger partial charge in [-0.15, -0.1) is 0 Å². The van der Waals surface area contributed by atoms with Crippen LogP contribution in [0.2, 0.25) is 0 Å². The van der Waals surface area contributed by atoms with Crippen molar-refractivity contribution in [3.05, 3.63) is 71.6 Å². The third-order valence-corrected chi connectivity index (χ3v) is 4.94. The minimum absolute atomic E-state index is 0.0835. The summed E-state index contributed by atoms with van der Waals surface area (Å²) < 4.78 is 7.28. The van der Waals surface area contributed by atoms with Crippen LogP contribution in [-0.4, -0.2) is 33.6 Å². The van der Waals surface area contributed by atoms with E-state index in [1.807, 2.05) is 19.9 Å². The average Bonchev–Trinajstić information content (AvgIpc) is 3.46. The Balaban J connectivity index is 1.67. The SMILES string of the molecule is CNC(=O)c1cccc(CNC(=O)c2cc(-c3ccco3)nc3c2cnn3C(C)C)c1. The highest BCUT2D eigenvalue weighted by Crippen LogP contribution is 2.26. The van der Waals surface area contributed by atoms with E-state index in [-0.39, 0.29) is 24.4 Å². The van der Waals surface area contributed by atoms with Crippen LogP contribution in [0.4, 0.5) is 0 Å². The number of carbonyl (C=O) groups excluding carboxylic acids is 2. The van der Waals surface area contributed by atoms with E-state index < -0.39 is 0 Å². The highest BCUT2D eigenvalue weighted by molar-refractivity contribution is 6.06. The van der Waals surface area contributed by atoms with Gasteiger partial charge in [0.2, 0.25) is 0 Å². The van der Waals surface area contributed by atoms with Gasteiger partial charge in [-0.2, -0.15) is 5.10 Å². The number of benzene rings is 1. The van der Waals surface area contributed by atoms with Crippen molar-refractivity contribution in [3.63, 3.8) is 0 Å². The molecule has 0 saturated heterocycles. The van der Waals surface area contributed by atoms with Crippen molar-refractivity contribution in [2.75, 3.05) is 7.05 Å². The van der Waals surface area contributed by atoms with Gasteiger partial charge in [-0.1, -0.05) is 12.1 Å². The van der Waals surface area contributed by atoms with Crippen molar-refractivity contribution >= 4 is 22.8 Å². The third kappa shape index (κ3) is 4.05. The van der Waals surface area contributed by atoms with Gasteiger partial charge in [0, 0.05) is 25.2 Å². The maximum Gasteiger partial charge on any atom is 0.252 e. The Morgan fingerprint density at radius 2 is 1.97 bits per heavy atom. The predicted octanol–water partition coefficient (Wildman–Crippen LogP) is 3.56. The monoisotopic (exact) mass is 417 g/mol. The molecular weight excluding hydrogens is 394 g/mol. The first kappa shape index (κ1) is 20.3. The second-order valence-electron chi connectivity index (χ2n) is 7.41. The number of aromatic nitrogens is 3. The molecule has 2 N–H and O–H groups in total. The highest BCUT2D eigenvalue weighted by Gasteiger charge is 2.19. The molecule has 8 heteroatoms.